The predicted molar refractivity (Wildman–Crippen MR) is 76.9 cm³/mol. The van der Waals surface area contributed by atoms with E-state index in [1.54, 1.807) is 0 Å². The Labute approximate surface area is 115 Å². The number of benzene rings is 1. The Morgan fingerprint density at radius 3 is 2.89 bits per heavy atom. The summed E-state index contributed by atoms with van der Waals surface area (Å²) in [6.45, 7) is 3.29. The van der Waals surface area contributed by atoms with Crippen molar-refractivity contribution in [1.82, 2.24) is 10.2 Å². The first-order valence-corrected chi connectivity index (χ1v) is 6.91. The Morgan fingerprint density at radius 1 is 1.53 bits per heavy atom. The van der Waals surface area contributed by atoms with E-state index in [0.29, 0.717) is 30.7 Å². The SMILES string of the molecule is CC(CNC(=O)c1cccc(CN)c1)N(C)C1CC1. The summed E-state index contributed by atoms with van der Waals surface area (Å²) in [7, 11) is 2.13. The average molecular weight is 261 g/mol. The van der Waals surface area contributed by atoms with Crippen LogP contribution in [-0.4, -0.2) is 36.5 Å². The molecule has 0 aliphatic heterocycles. The van der Waals surface area contributed by atoms with Gasteiger partial charge in [0, 0.05) is 30.7 Å². The van der Waals surface area contributed by atoms with Crippen molar-refractivity contribution in [1.29, 1.82) is 0 Å². The van der Waals surface area contributed by atoms with E-state index in [-0.39, 0.29) is 5.91 Å². The van der Waals surface area contributed by atoms with Gasteiger partial charge in [0.2, 0.25) is 0 Å². The molecule has 1 aromatic rings. The molecule has 0 aromatic heterocycles. The molecule has 1 saturated carbocycles. The molecule has 0 radical (unpaired) electrons. The van der Waals surface area contributed by atoms with Crippen LogP contribution in [0.1, 0.15) is 35.7 Å². The van der Waals surface area contributed by atoms with Gasteiger partial charge in [-0.25, -0.2) is 0 Å². The number of likely N-dealkylation sites (N-methyl/N-ethyl adjacent to an activating group) is 1. The van der Waals surface area contributed by atoms with Gasteiger partial charge < -0.3 is 11.1 Å². The number of hydrogen-bond acceptors (Lipinski definition) is 3. The van der Waals surface area contributed by atoms with Crippen molar-refractivity contribution in [3.63, 3.8) is 0 Å². The van der Waals surface area contributed by atoms with E-state index in [2.05, 4.69) is 24.2 Å². The molecule has 1 aromatic carbocycles. The van der Waals surface area contributed by atoms with E-state index in [1.807, 2.05) is 24.3 Å². The lowest BCUT2D eigenvalue weighted by Gasteiger charge is -2.24. The number of hydrogen-bond donors (Lipinski definition) is 2. The summed E-state index contributed by atoms with van der Waals surface area (Å²) in [5, 5.41) is 2.99. The first kappa shape index (κ1) is 14.0. The minimum absolute atomic E-state index is 0.0219. The van der Waals surface area contributed by atoms with E-state index in [9.17, 15) is 4.79 Å². The van der Waals surface area contributed by atoms with Gasteiger partial charge in [-0.2, -0.15) is 0 Å². The summed E-state index contributed by atoms with van der Waals surface area (Å²) in [4.78, 5) is 14.4. The highest BCUT2D eigenvalue weighted by Gasteiger charge is 2.29. The van der Waals surface area contributed by atoms with Crippen LogP contribution in [0.4, 0.5) is 0 Å². The molecule has 0 spiro atoms. The maximum atomic E-state index is 12.1. The summed E-state index contributed by atoms with van der Waals surface area (Å²) < 4.78 is 0. The van der Waals surface area contributed by atoms with E-state index in [0.717, 1.165) is 5.56 Å². The van der Waals surface area contributed by atoms with E-state index < -0.39 is 0 Å². The Kier molecular flexibility index (Phi) is 4.56. The average Bonchev–Trinajstić information content (AvgIpc) is 3.28. The molecule has 19 heavy (non-hydrogen) atoms. The predicted octanol–water partition coefficient (Wildman–Crippen LogP) is 1.36. The third kappa shape index (κ3) is 3.78. The molecule has 4 heteroatoms. The third-order valence-electron chi connectivity index (χ3n) is 3.80. The molecule has 104 valence electrons. The highest BCUT2D eigenvalue weighted by molar-refractivity contribution is 5.94. The zero-order valence-corrected chi connectivity index (χ0v) is 11.7. The normalized spacial score (nSPS) is 16.4. The monoisotopic (exact) mass is 261 g/mol. The second-order valence-electron chi connectivity index (χ2n) is 5.36. The molecule has 2 rings (SSSR count). The van der Waals surface area contributed by atoms with Crippen molar-refractivity contribution in [2.75, 3.05) is 13.6 Å². The summed E-state index contributed by atoms with van der Waals surface area (Å²) in [6.07, 6.45) is 2.57. The molecule has 1 aliphatic rings. The summed E-state index contributed by atoms with van der Waals surface area (Å²) in [6, 6.07) is 8.56. The molecule has 3 N–H and O–H groups in total. The van der Waals surface area contributed by atoms with Gasteiger partial charge in [-0.3, -0.25) is 9.69 Å². The van der Waals surface area contributed by atoms with Crippen molar-refractivity contribution in [2.45, 2.75) is 38.4 Å². The first-order valence-electron chi connectivity index (χ1n) is 6.91. The van der Waals surface area contributed by atoms with Crippen LogP contribution in [0.5, 0.6) is 0 Å². The molecule has 0 bridgehead atoms. The Morgan fingerprint density at radius 2 is 2.26 bits per heavy atom. The molecule has 4 nitrogen and oxygen atoms in total. The quantitative estimate of drug-likeness (QED) is 0.813. The highest BCUT2D eigenvalue weighted by Crippen LogP contribution is 2.26. The fourth-order valence-electron chi connectivity index (χ4n) is 2.17. The van der Waals surface area contributed by atoms with Crippen LogP contribution in [0.2, 0.25) is 0 Å². The molecular formula is C15H23N3O. The van der Waals surface area contributed by atoms with Crippen molar-refractivity contribution >= 4 is 5.91 Å². The fraction of sp³-hybridized carbons (Fsp3) is 0.533. The van der Waals surface area contributed by atoms with Gasteiger partial charge in [0.05, 0.1) is 0 Å². The summed E-state index contributed by atoms with van der Waals surface area (Å²) in [5.41, 5.74) is 7.25. The number of amides is 1. The maximum absolute atomic E-state index is 12.1. The lowest BCUT2D eigenvalue weighted by Crippen LogP contribution is -2.41. The van der Waals surface area contributed by atoms with Crippen LogP contribution in [0.3, 0.4) is 0 Å². The number of rotatable bonds is 6. The molecule has 1 fully saturated rings. The van der Waals surface area contributed by atoms with Gasteiger partial charge >= 0.3 is 0 Å². The van der Waals surface area contributed by atoms with Crippen molar-refractivity contribution in [2.24, 2.45) is 5.73 Å². The Bertz CT molecular complexity index is 443. The number of carbonyl (C=O) groups excluding carboxylic acids is 1. The van der Waals surface area contributed by atoms with Crippen LogP contribution in [0.15, 0.2) is 24.3 Å². The zero-order chi connectivity index (χ0) is 13.8. The number of nitrogens with one attached hydrogen (secondary N) is 1. The second kappa shape index (κ2) is 6.17. The number of carbonyl (C=O) groups is 1. The van der Waals surface area contributed by atoms with Crippen molar-refractivity contribution in [3.05, 3.63) is 35.4 Å². The van der Waals surface area contributed by atoms with E-state index >= 15 is 0 Å². The molecule has 1 atom stereocenters. The van der Waals surface area contributed by atoms with Crippen molar-refractivity contribution in [3.8, 4) is 0 Å². The summed E-state index contributed by atoms with van der Waals surface area (Å²) in [5.74, 6) is -0.0219. The largest absolute Gasteiger partial charge is 0.350 e. The van der Waals surface area contributed by atoms with Gasteiger partial charge in [-0.1, -0.05) is 12.1 Å². The maximum Gasteiger partial charge on any atom is 0.251 e. The van der Waals surface area contributed by atoms with Gasteiger partial charge in [0.1, 0.15) is 0 Å². The molecule has 0 saturated heterocycles. The molecule has 0 heterocycles. The van der Waals surface area contributed by atoms with Crippen LogP contribution in [0, 0.1) is 0 Å². The van der Waals surface area contributed by atoms with E-state index in [1.165, 1.54) is 12.8 Å². The molecule has 1 aliphatic carbocycles. The Balaban J connectivity index is 1.86. The van der Waals surface area contributed by atoms with E-state index in [4.69, 9.17) is 5.73 Å². The Hall–Kier alpha value is -1.39. The molecule has 1 amide bonds. The van der Waals surface area contributed by atoms with Crippen LogP contribution in [0.25, 0.3) is 0 Å². The highest BCUT2D eigenvalue weighted by atomic mass is 16.1. The van der Waals surface area contributed by atoms with Crippen LogP contribution in [-0.2, 0) is 6.54 Å². The molecule has 1 unspecified atom stereocenters. The van der Waals surface area contributed by atoms with Gasteiger partial charge in [0.15, 0.2) is 0 Å². The smallest absolute Gasteiger partial charge is 0.251 e. The summed E-state index contributed by atoms with van der Waals surface area (Å²) >= 11 is 0. The van der Waals surface area contributed by atoms with Crippen LogP contribution >= 0.6 is 0 Å². The fourth-order valence-corrected chi connectivity index (χ4v) is 2.17. The third-order valence-corrected chi connectivity index (χ3v) is 3.80. The second-order valence-corrected chi connectivity index (χ2v) is 5.36. The standard InChI is InChI=1S/C15H23N3O/c1-11(18(2)14-6-7-14)10-17-15(19)13-5-3-4-12(8-13)9-16/h3-5,8,11,14H,6-7,9-10,16H2,1-2H3,(H,17,19). The number of nitrogens with zero attached hydrogens (tertiary/aromatic N) is 1. The lowest BCUT2D eigenvalue weighted by atomic mass is 10.1. The topological polar surface area (TPSA) is 58.4 Å². The minimum atomic E-state index is -0.0219. The van der Waals surface area contributed by atoms with Crippen molar-refractivity contribution < 1.29 is 4.79 Å². The molecular weight excluding hydrogens is 238 g/mol. The van der Waals surface area contributed by atoms with Gasteiger partial charge in [-0.05, 0) is 44.5 Å². The zero-order valence-electron chi connectivity index (χ0n) is 11.7. The van der Waals surface area contributed by atoms with Gasteiger partial charge in [-0.15, -0.1) is 0 Å². The first-order chi connectivity index (χ1) is 9.11. The lowest BCUT2D eigenvalue weighted by molar-refractivity contribution is 0.0939. The number of nitrogens with two attached hydrogens (primary N) is 1. The van der Waals surface area contributed by atoms with Gasteiger partial charge in [0.25, 0.3) is 5.91 Å². The van der Waals surface area contributed by atoms with Crippen LogP contribution < -0.4 is 11.1 Å². The minimum Gasteiger partial charge on any atom is -0.350 e.